The number of halogens is 6. The van der Waals surface area contributed by atoms with Gasteiger partial charge in [-0.25, -0.2) is 0 Å². The van der Waals surface area contributed by atoms with Crippen LogP contribution in [0.3, 0.4) is 0 Å². The van der Waals surface area contributed by atoms with Gasteiger partial charge in [0.1, 0.15) is 9.75 Å². The fourth-order valence-corrected chi connectivity index (χ4v) is 7.12. The summed E-state index contributed by atoms with van der Waals surface area (Å²) in [5.41, 5.74) is 40.3. The van der Waals surface area contributed by atoms with Crippen molar-refractivity contribution in [3.63, 3.8) is 0 Å². The number of anilines is 6. The van der Waals surface area contributed by atoms with Crippen molar-refractivity contribution in [1.29, 1.82) is 0 Å². The van der Waals surface area contributed by atoms with E-state index in [9.17, 15) is 0 Å². The van der Waals surface area contributed by atoms with E-state index in [1.807, 2.05) is 0 Å². The van der Waals surface area contributed by atoms with Gasteiger partial charge in [0.2, 0.25) is 0 Å². The predicted octanol–water partition coefficient (Wildman–Crippen LogP) is 5.48. The summed E-state index contributed by atoms with van der Waals surface area (Å²) in [5.74, 6) is 0. The molecular weight excluding hydrogens is 537 g/mol. The van der Waals surface area contributed by atoms with Crippen LogP contribution in [-0.4, -0.2) is 0 Å². The first-order valence-electron chi connectivity index (χ1n) is 9.03. The van der Waals surface area contributed by atoms with E-state index in [0.29, 0.717) is 22.3 Å². The van der Waals surface area contributed by atoms with Gasteiger partial charge >= 0.3 is 0 Å². The van der Waals surface area contributed by atoms with E-state index in [0.717, 1.165) is 0 Å². The molecule has 12 heteroatoms. The smallest absolute Gasteiger partial charge is 0.126 e. The molecule has 2 bridgehead atoms. The Bertz CT molecular complexity index is 1350. The lowest BCUT2D eigenvalue weighted by atomic mass is 9.58. The van der Waals surface area contributed by atoms with Crippen molar-refractivity contribution in [2.45, 2.75) is 9.75 Å². The van der Waals surface area contributed by atoms with Crippen molar-refractivity contribution in [2.75, 3.05) is 34.4 Å². The molecule has 166 valence electrons. The standard InChI is InChI=1S/C20H14Cl6N6/c21-4-2-1-3-5(10(4)22)20(26)6-7(13(27)16(30)12(24)11(6)23)19(3,25)8-9(20)15(29)18(32)17(31)14(8)28/h1-2H,27-32H2. The number of hydrogen-bond donors (Lipinski definition) is 6. The minimum absolute atomic E-state index is 0.00645. The Morgan fingerprint density at radius 1 is 0.469 bits per heavy atom. The maximum atomic E-state index is 7.46. The van der Waals surface area contributed by atoms with Gasteiger partial charge in [0.25, 0.3) is 0 Å². The predicted molar refractivity (Wildman–Crippen MR) is 137 cm³/mol. The summed E-state index contributed by atoms with van der Waals surface area (Å²) in [6.45, 7) is 0. The Balaban J connectivity index is 2.17. The lowest BCUT2D eigenvalue weighted by Crippen LogP contribution is -2.48. The van der Waals surface area contributed by atoms with E-state index < -0.39 is 9.75 Å². The molecule has 0 aliphatic heterocycles. The quantitative estimate of drug-likeness (QED) is 0.161. The average molecular weight is 551 g/mol. The zero-order valence-corrected chi connectivity index (χ0v) is 20.4. The zero-order chi connectivity index (χ0) is 23.7. The van der Waals surface area contributed by atoms with Gasteiger partial charge in [0, 0.05) is 27.8 Å². The van der Waals surface area contributed by atoms with Gasteiger partial charge in [-0.2, -0.15) is 0 Å². The molecule has 2 unspecified atom stereocenters. The minimum Gasteiger partial charge on any atom is -0.397 e. The molecule has 0 fully saturated rings. The molecule has 0 spiro atoms. The zero-order valence-electron chi connectivity index (χ0n) is 15.9. The first kappa shape index (κ1) is 22.0. The normalized spacial score (nSPS) is 22.4. The molecule has 3 aromatic rings. The molecule has 0 saturated heterocycles. The molecule has 0 aromatic heterocycles. The SMILES string of the molecule is Nc1c(N)c(N)c2c(c1N)C1(Cl)c3ccc(Cl)c(Cl)c3C2(Cl)c2c(Cl)c(Cl)c(N)c(N)c21. The Morgan fingerprint density at radius 2 is 0.938 bits per heavy atom. The second-order valence-electron chi connectivity index (χ2n) is 7.71. The van der Waals surface area contributed by atoms with Gasteiger partial charge in [-0.05, 0) is 11.6 Å². The lowest BCUT2D eigenvalue weighted by molar-refractivity contribution is 0.672. The van der Waals surface area contributed by atoms with Gasteiger partial charge in [0.15, 0.2) is 0 Å². The molecule has 0 heterocycles. The molecule has 0 saturated carbocycles. The van der Waals surface area contributed by atoms with E-state index >= 15 is 0 Å². The second kappa shape index (κ2) is 6.41. The number of alkyl halides is 2. The monoisotopic (exact) mass is 548 g/mol. The van der Waals surface area contributed by atoms with Crippen molar-refractivity contribution in [3.05, 3.63) is 65.6 Å². The van der Waals surface area contributed by atoms with Crippen LogP contribution in [-0.2, 0) is 9.75 Å². The van der Waals surface area contributed by atoms with Crippen LogP contribution in [0.1, 0.15) is 33.4 Å². The van der Waals surface area contributed by atoms with Crippen LogP contribution in [0.2, 0.25) is 20.1 Å². The number of hydrogen-bond acceptors (Lipinski definition) is 6. The first-order valence-corrected chi connectivity index (χ1v) is 11.3. The molecule has 0 amide bonds. The number of nitrogens with two attached hydrogens (primary N) is 6. The highest BCUT2D eigenvalue weighted by molar-refractivity contribution is 6.48. The maximum absolute atomic E-state index is 7.46. The van der Waals surface area contributed by atoms with E-state index in [2.05, 4.69) is 0 Å². The average Bonchev–Trinajstić information content (AvgIpc) is 2.75. The molecule has 3 aromatic carbocycles. The summed E-state index contributed by atoms with van der Waals surface area (Å²) in [6.07, 6.45) is 0. The topological polar surface area (TPSA) is 156 Å². The summed E-state index contributed by atoms with van der Waals surface area (Å²) >= 11 is 41.1. The molecular formula is C20H14Cl6N6. The Kier molecular flexibility index (Phi) is 4.41. The summed E-state index contributed by atoms with van der Waals surface area (Å²) in [4.78, 5) is -3.22. The third kappa shape index (κ3) is 2.12. The van der Waals surface area contributed by atoms with Gasteiger partial charge in [0.05, 0.1) is 54.2 Å². The van der Waals surface area contributed by atoms with E-state index in [1.54, 1.807) is 12.1 Å². The molecule has 3 aliphatic carbocycles. The van der Waals surface area contributed by atoms with Crippen LogP contribution in [0.15, 0.2) is 12.1 Å². The van der Waals surface area contributed by atoms with Crippen LogP contribution in [0.25, 0.3) is 0 Å². The van der Waals surface area contributed by atoms with Crippen LogP contribution in [0.5, 0.6) is 0 Å². The van der Waals surface area contributed by atoms with Crippen molar-refractivity contribution in [1.82, 2.24) is 0 Å². The number of benzene rings is 3. The molecule has 6 nitrogen and oxygen atoms in total. The molecule has 32 heavy (non-hydrogen) atoms. The third-order valence-electron chi connectivity index (χ3n) is 6.31. The van der Waals surface area contributed by atoms with Crippen molar-refractivity contribution in [3.8, 4) is 0 Å². The molecule has 12 N–H and O–H groups in total. The lowest BCUT2D eigenvalue weighted by Gasteiger charge is -2.53. The number of rotatable bonds is 0. The van der Waals surface area contributed by atoms with Crippen molar-refractivity contribution >= 4 is 104 Å². The minimum atomic E-state index is -1.65. The highest BCUT2D eigenvalue weighted by Gasteiger charge is 2.63. The first-order chi connectivity index (χ1) is 14.8. The van der Waals surface area contributed by atoms with Gasteiger partial charge in [-0.1, -0.05) is 52.5 Å². The maximum Gasteiger partial charge on any atom is 0.126 e. The fourth-order valence-electron chi connectivity index (χ4n) is 4.89. The van der Waals surface area contributed by atoms with Crippen LogP contribution in [0.4, 0.5) is 34.1 Å². The van der Waals surface area contributed by atoms with Crippen molar-refractivity contribution in [2.24, 2.45) is 0 Å². The molecule has 0 radical (unpaired) electrons. The van der Waals surface area contributed by atoms with Gasteiger partial charge in [-0.15, -0.1) is 23.2 Å². The van der Waals surface area contributed by atoms with E-state index in [-0.39, 0.29) is 65.3 Å². The van der Waals surface area contributed by atoms with Crippen LogP contribution < -0.4 is 34.4 Å². The Morgan fingerprint density at radius 3 is 1.50 bits per heavy atom. The van der Waals surface area contributed by atoms with Crippen molar-refractivity contribution < 1.29 is 0 Å². The summed E-state index contributed by atoms with van der Waals surface area (Å²) in [6, 6.07) is 3.27. The van der Waals surface area contributed by atoms with Crippen LogP contribution >= 0.6 is 69.6 Å². The largest absolute Gasteiger partial charge is 0.397 e. The molecule has 6 rings (SSSR count). The fraction of sp³-hybridized carbons (Fsp3) is 0.100. The second-order valence-corrected chi connectivity index (χ2v) is 10.4. The highest BCUT2D eigenvalue weighted by Crippen LogP contribution is 2.72. The summed E-state index contributed by atoms with van der Waals surface area (Å²) < 4.78 is 0. The van der Waals surface area contributed by atoms with E-state index in [1.165, 1.54) is 0 Å². The Labute approximate surface area is 212 Å². The molecule has 2 atom stereocenters. The summed E-state index contributed by atoms with van der Waals surface area (Å²) in [5, 5.41) is 0.430. The number of nitrogen functional groups attached to an aromatic ring is 6. The van der Waals surface area contributed by atoms with Gasteiger partial charge in [-0.3, -0.25) is 0 Å². The molecule has 3 aliphatic rings. The Hall–Kier alpha value is -1.80. The highest BCUT2D eigenvalue weighted by atomic mass is 35.5. The summed E-state index contributed by atoms with van der Waals surface area (Å²) in [7, 11) is 0. The van der Waals surface area contributed by atoms with E-state index in [4.69, 9.17) is 104 Å². The van der Waals surface area contributed by atoms with Crippen LogP contribution in [0, 0.1) is 0 Å². The third-order valence-corrected chi connectivity index (χ3v) is 9.13. The van der Waals surface area contributed by atoms with Gasteiger partial charge < -0.3 is 34.4 Å².